The Bertz CT molecular complexity index is 637. The van der Waals surface area contributed by atoms with Crippen molar-refractivity contribution in [1.29, 1.82) is 0 Å². The van der Waals surface area contributed by atoms with Gasteiger partial charge in [-0.05, 0) is 37.9 Å². The molecule has 3 rings (SSSR count). The molecule has 1 aromatic rings. The number of β-amino-alcohol motifs (C(OH)–C–C–N with tert-alkyl or cyclic N) is 1. The van der Waals surface area contributed by atoms with E-state index in [1.165, 1.54) is 28.0 Å². The average molecular weight is 346 g/mol. The van der Waals surface area contributed by atoms with Gasteiger partial charge in [-0.3, -0.25) is 9.69 Å². The topological polar surface area (TPSA) is 43.8 Å². The molecule has 2 heterocycles. The molecule has 0 saturated carbocycles. The van der Waals surface area contributed by atoms with Crippen molar-refractivity contribution in [1.82, 2.24) is 4.90 Å². The van der Waals surface area contributed by atoms with Crippen LogP contribution in [0.15, 0.2) is 24.3 Å². The average Bonchev–Trinajstić information content (AvgIpc) is 2.88. The molecule has 2 atom stereocenters. The predicted octanol–water partition coefficient (Wildman–Crippen LogP) is 2.32. The highest BCUT2D eigenvalue weighted by molar-refractivity contribution is 5.99. The number of benzene rings is 1. The largest absolute Gasteiger partial charge is 0.418 e. The molecule has 0 unspecified atom stereocenters. The molecular weight excluding hydrogens is 328 g/mol. The molecule has 0 aliphatic carbocycles. The van der Waals surface area contributed by atoms with Crippen LogP contribution in [-0.4, -0.2) is 53.4 Å². The number of alkyl halides is 3. The highest BCUT2D eigenvalue weighted by Gasteiger charge is 2.56. The first-order valence-corrected chi connectivity index (χ1v) is 7.82. The molecule has 2 saturated heterocycles. The number of amides is 1. The fourth-order valence-electron chi connectivity index (χ4n) is 3.48. The van der Waals surface area contributed by atoms with Crippen LogP contribution >= 0.6 is 0 Å². The van der Waals surface area contributed by atoms with Gasteiger partial charge in [0.25, 0.3) is 0 Å². The first-order chi connectivity index (χ1) is 11.2. The van der Waals surface area contributed by atoms with Gasteiger partial charge in [-0.15, -0.1) is 0 Å². The van der Waals surface area contributed by atoms with Gasteiger partial charge in [0.15, 0.2) is 5.60 Å². The van der Waals surface area contributed by atoms with E-state index in [0.717, 1.165) is 0 Å². The van der Waals surface area contributed by atoms with Gasteiger partial charge in [-0.1, -0.05) is 12.1 Å². The molecule has 2 aliphatic rings. The lowest BCUT2D eigenvalue weighted by Crippen LogP contribution is -2.60. The van der Waals surface area contributed by atoms with Crippen molar-refractivity contribution in [2.24, 2.45) is 0 Å². The van der Waals surface area contributed by atoms with Crippen LogP contribution in [0.3, 0.4) is 0 Å². The number of hydrogen-bond donors (Lipinski definition) is 1. The number of aliphatic hydroxyl groups is 1. The lowest BCUT2D eigenvalue weighted by molar-refractivity contribution is -0.275. The summed E-state index contributed by atoms with van der Waals surface area (Å²) < 4.78 is 53.0. The van der Waals surface area contributed by atoms with E-state index in [4.69, 9.17) is 0 Å². The lowest BCUT2D eigenvalue weighted by atomic mass is 9.91. The van der Waals surface area contributed by atoms with E-state index in [1.54, 1.807) is 6.07 Å². The maximum atomic E-state index is 13.9. The number of carbonyl (C=O) groups excluding carboxylic acids is 1. The normalized spacial score (nSPS) is 29.3. The number of nitrogens with zero attached hydrogens (tertiary/aromatic N) is 2. The Morgan fingerprint density at radius 2 is 1.92 bits per heavy atom. The minimum absolute atomic E-state index is 0.132. The Morgan fingerprint density at radius 1 is 1.21 bits per heavy atom. The summed E-state index contributed by atoms with van der Waals surface area (Å²) in [7, 11) is 0. The molecule has 4 nitrogen and oxygen atoms in total. The van der Waals surface area contributed by atoms with Crippen molar-refractivity contribution in [3.63, 3.8) is 0 Å². The minimum Gasteiger partial charge on any atom is -0.379 e. The van der Waals surface area contributed by atoms with Crippen molar-refractivity contribution < 1.29 is 27.5 Å². The fourth-order valence-corrected chi connectivity index (χ4v) is 3.48. The third-order valence-electron chi connectivity index (χ3n) is 4.79. The Kier molecular flexibility index (Phi) is 4.29. The van der Waals surface area contributed by atoms with E-state index in [-0.39, 0.29) is 25.1 Å². The van der Waals surface area contributed by atoms with Crippen LogP contribution in [0.4, 0.5) is 23.2 Å². The predicted molar refractivity (Wildman–Crippen MR) is 79.0 cm³/mol. The van der Waals surface area contributed by atoms with Gasteiger partial charge in [-0.2, -0.15) is 13.2 Å². The number of anilines is 1. The zero-order valence-corrected chi connectivity index (χ0v) is 12.9. The van der Waals surface area contributed by atoms with Gasteiger partial charge in [0.1, 0.15) is 5.82 Å². The van der Waals surface area contributed by atoms with Gasteiger partial charge >= 0.3 is 6.18 Å². The van der Waals surface area contributed by atoms with Crippen LogP contribution in [-0.2, 0) is 4.79 Å². The molecule has 0 bridgehead atoms. The Morgan fingerprint density at radius 3 is 2.58 bits per heavy atom. The summed E-state index contributed by atoms with van der Waals surface area (Å²) in [6.45, 7) is -0.0801. The maximum absolute atomic E-state index is 13.9. The number of piperidine rings is 1. The molecule has 1 amide bonds. The lowest BCUT2D eigenvalue weighted by Gasteiger charge is -2.42. The fraction of sp³-hybridized carbons (Fsp3) is 0.562. The van der Waals surface area contributed by atoms with Gasteiger partial charge in [-0.25, -0.2) is 4.39 Å². The molecule has 2 fully saturated rings. The van der Waals surface area contributed by atoms with Gasteiger partial charge in [0.05, 0.1) is 11.7 Å². The van der Waals surface area contributed by atoms with Crippen LogP contribution < -0.4 is 4.90 Å². The number of para-hydroxylation sites is 1. The summed E-state index contributed by atoms with van der Waals surface area (Å²) in [6, 6.07) is 5.04. The highest BCUT2D eigenvalue weighted by atomic mass is 19.4. The molecule has 2 aliphatic heterocycles. The summed E-state index contributed by atoms with van der Waals surface area (Å²) in [4.78, 5) is 15.2. The van der Waals surface area contributed by atoms with Crippen molar-refractivity contribution >= 4 is 11.6 Å². The Balaban J connectivity index is 1.77. The standard InChI is InChI=1S/C16H18F4N2O2/c17-11-4-1-2-5-12(11)22-9-6-13(14(22)23)21-8-3-7-15(24,10-21)16(18,19)20/h1-2,4-5,13,24H,3,6-10H2/t13-,15-/m0/s1. The third-order valence-corrected chi connectivity index (χ3v) is 4.79. The SMILES string of the molecule is O=C1[C@@H](N2CCC[C@@](O)(C(F)(F)F)C2)CCN1c1ccccc1F. The van der Waals surface area contributed by atoms with Crippen LogP contribution in [0.25, 0.3) is 0 Å². The van der Waals surface area contributed by atoms with E-state index < -0.39 is 36.1 Å². The zero-order chi connectivity index (χ0) is 17.5. The second-order valence-electron chi connectivity index (χ2n) is 6.35. The summed E-state index contributed by atoms with van der Waals surface area (Å²) in [5.74, 6) is -0.969. The summed E-state index contributed by atoms with van der Waals surface area (Å²) >= 11 is 0. The van der Waals surface area contributed by atoms with E-state index in [9.17, 15) is 27.5 Å². The molecule has 0 spiro atoms. The molecule has 24 heavy (non-hydrogen) atoms. The Labute approximate surface area is 136 Å². The second kappa shape index (κ2) is 6.00. The number of hydrogen-bond acceptors (Lipinski definition) is 3. The molecular formula is C16H18F4N2O2. The summed E-state index contributed by atoms with van der Waals surface area (Å²) in [6.07, 6.45) is -4.65. The molecule has 0 radical (unpaired) electrons. The smallest absolute Gasteiger partial charge is 0.379 e. The number of likely N-dealkylation sites (tertiary alicyclic amines) is 1. The second-order valence-corrected chi connectivity index (χ2v) is 6.35. The van der Waals surface area contributed by atoms with Gasteiger partial charge in [0, 0.05) is 13.1 Å². The van der Waals surface area contributed by atoms with E-state index in [2.05, 4.69) is 0 Å². The van der Waals surface area contributed by atoms with Crippen LogP contribution in [0.5, 0.6) is 0 Å². The molecule has 8 heteroatoms. The van der Waals surface area contributed by atoms with Gasteiger partial charge in [0.2, 0.25) is 5.91 Å². The van der Waals surface area contributed by atoms with Gasteiger partial charge < -0.3 is 10.0 Å². The summed E-state index contributed by atoms with van der Waals surface area (Å²) in [5, 5.41) is 9.90. The molecule has 0 aromatic heterocycles. The van der Waals surface area contributed by atoms with Crippen LogP contribution in [0.2, 0.25) is 0 Å². The van der Waals surface area contributed by atoms with Crippen molar-refractivity contribution in [2.75, 3.05) is 24.5 Å². The number of carbonyl (C=O) groups is 1. The molecule has 1 aromatic carbocycles. The first kappa shape index (κ1) is 17.2. The van der Waals surface area contributed by atoms with Crippen molar-refractivity contribution in [2.45, 2.75) is 37.1 Å². The first-order valence-electron chi connectivity index (χ1n) is 7.82. The molecule has 132 valence electrons. The number of rotatable bonds is 2. The minimum atomic E-state index is -4.74. The van der Waals surface area contributed by atoms with Crippen LogP contribution in [0, 0.1) is 5.82 Å². The van der Waals surface area contributed by atoms with E-state index >= 15 is 0 Å². The monoisotopic (exact) mass is 346 g/mol. The Hall–Kier alpha value is -1.67. The zero-order valence-electron chi connectivity index (χ0n) is 12.9. The quantitative estimate of drug-likeness (QED) is 0.836. The van der Waals surface area contributed by atoms with E-state index in [0.29, 0.717) is 13.0 Å². The summed E-state index contributed by atoms with van der Waals surface area (Å²) in [5.41, 5.74) is -2.66. The highest BCUT2D eigenvalue weighted by Crippen LogP contribution is 2.39. The van der Waals surface area contributed by atoms with Crippen LogP contribution in [0.1, 0.15) is 19.3 Å². The van der Waals surface area contributed by atoms with E-state index in [1.807, 2.05) is 0 Å². The maximum Gasteiger partial charge on any atom is 0.418 e. The van der Waals surface area contributed by atoms with Crippen molar-refractivity contribution in [3.05, 3.63) is 30.1 Å². The molecule has 1 N–H and O–H groups in total. The third kappa shape index (κ3) is 2.88. The number of halogens is 4. The van der Waals surface area contributed by atoms with Crippen molar-refractivity contribution in [3.8, 4) is 0 Å².